The summed E-state index contributed by atoms with van der Waals surface area (Å²) < 4.78 is 0. The monoisotopic (exact) mass is 401 g/mol. The van der Waals surface area contributed by atoms with Crippen LogP contribution in [0.4, 0.5) is 11.8 Å². The zero-order valence-corrected chi connectivity index (χ0v) is 17.5. The standard InChI is InChI=1S/C22H35N5O2/c1-14-10-11-22(12-14,15-4-2-3-5-15)27-20-18(19(23)29)13-24-21(26-20)25-16-6-8-17(28)9-7-16/h13-17,28H,2-12H2,1H3,(H2,23,29)(H2,24,25,26,27). The molecule has 0 bridgehead atoms. The van der Waals surface area contributed by atoms with Gasteiger partial charge in [0.1, 0.15) is 5.82 Å². The fourth-order valence-electron chi connectivity index (χ4n) is 5.76. The molecule has 0 radical (unpaired) electrons. The van der Waals surface area contributed by atoms with Gasteiger partial charge in [-0.05, 0) is 69.6 Å². The maximum absolute atomic E-state index is 12.1. The Hall–Kier alpha value is -1.89. The Balaban J connectivity index is 1.57. The van der Waals surface area contributed by atoms with Gasteiger partial charge < -0.3 is 21.5 Å². The molecule has 2 unspecified atom stereocenters. The van der Waals surface area contributed by atoms with Crippen LogP contribution in [0.25, 0.3) is 0 Å². The minimum absolute atomic E-state index is 0.000683. The van der Waals surface area contributed by atoms with Gasteiger partial charge in [-0.3, -0.25) is 4.79 Å². The normalized spacial score (nSPS) is 33.0. The minimum Gasteiger partial charge on any atom is -0.393 e. The molecule has 1 amide bonds. The maximum Gasteiger partial charge on any atom is 0.254 e. The summed E-state index contributed by atoms with van der Waals surface area (Å²) in [6, 6.07) is 0.251. The highest BCUT2D eigenvalue weighted by Gasteiger charge is 2.45. The number of nitrogens with two attached hydrogens (primary N) is 1. The first-order chi connectivity index (χ1) is 13.9. The summed E-state index contributed by atoms with van der Waals surface area (Å²) in [6.45, 7) is 2.32. The average Bonchev–Trinajstić information content (AvgIpc) is 3.35. The highest BCUT2D eigenvalue weighted by Crippen LogP contribution is 2.48. The molecule has 1 aromatic rings. The van der Waals surface area contributed by atoms with Gasteiger partial charge in [0.05, 0.1) is 11.7 Å². The minimum atomic E-state index is -0.493. The average molecular weight is 402 g/mol. The second kappa shape index (κ2) is 8.46. The number of primary amides is 1. The number of aliphatic hydroxyl groups is 1. The van der Waals surface area contributed by atoms with Crippen LogP contribution in [0.1, 0.15) is 87.9 Å². The summed E-state index contributed by atoms with van der Waals surface area (Å²) in [5.41, 5.74) is 6.02. The Morgan fingerprint density at radius 1 is 1.17 bits per heavy atom. The van der Waals surface area contributed by atoms with E-state index in [4.69, 9.17) is 10.7 Å². The van der Waals surface area contributed by atoms with Crippen LogP contribution < -0.4 is 16.4 Å². The lowest BCUT2D eigenvalue weighted by Gasteiger charge is -2.38. The first kappa shape index (κ1) is 20.4. The molecule has 7 heteroatoms. The fraction of sp³-hybridized carbons (Fsp3) is 0.773. The SMILES string of the molecule is CC1CCC(Nc2nc(NC3CCC(O)CC3)ncc2C(N)=O)(C2CCCC2)C1. The van der Waals surface area contributed by atoms with E-state index in [1.54, 1.807) is 6.20 Å². The van der Waals surface area contributed by atoms with E-state index < -0.39 is 5.91 Å². The summed E-state index contributed by atoms with van der Waals surface area (Å²) in [4.78, 5) is 21.2. The van der Waals surface area contributed by atoms with Crippen molar-refractivity contribution in [3.63, 3.8) is 0 Å². The molecule has 3 aliphatic rings. The van der Waals surface area contributed by atoms with E-state index in [2.05, 4.69) is 22.5 Å². The molecule has 7 nitrogen and oxygen atoms in total. The van der Waals surface area contributed by atoms with E-state index in [0.29, 0.717) is 29.2 Å². The lowest BCUT2D eigenvalue weighted by molar-refractivity contribution is 0.1000. The van der Waals surface area contributed by atoms with Gasteiger partial charge in [0.25, 0.3) is 5.91 Å². The van der Waals surface area contributed by atoms with Crippen molar-refractivity contribution in [3.05, 3.63) is 11.8 Å². The number of hydrogen-bond acceptors (Lipinski definition) is 6. The predicted molar refractivity (Wildman–Crippen MR) is 114 cm³/mol. The molecule has 1 heterocycles. The Bertz CT molecular complexity index is 728. The zero-order valence-electron chi connectivity index (χ0n) is 17.5. The van der Waals surface area contributed by atoms with Crippen LogP contribution in [-0.4, -0.2) is 38.7 Å². The molecule has 0 spiro atoms. The lowest BCUT2D eigenvalue weighted by atomic mass is 9.80. The first-order valence-corrected chi connectivity index (χ1v) is 11.3. The fourth-order valence-corrected chi connectivity index (χ4v) is 5.76. The van der Waals surface area contributed by atoms with Crippen LogP contribution in [0.15, 0.2) is 6.20 Å². The third-order valence-electron chi connectivity index (χ3n) is 7.38. The number of anilines is 2. The van der Waals surface area contributed by atoms with E-state index in [1.807, 2.05) is 0 Å². The van der Waals surface area contributed by atoms with Crippen molar-refractivity contribution in [2.24, 2.45) is 17.6 Å². The molecule has 3 aliphatic carbocycles. The third kappa shape index (κ3) is 4.49. The van der Waals surface area contributed by atoms with Gasteiger partial charge in [0, 0.05) is 17.8 Å². The Labute approximate surface area is 173 Å². The molecule has 0 aromatic carbocycles. The third-order valence-corrected chi connectivity index (χ3v) is 7.38. The van der Waals surface area contributed by atoms with Gasteiger partial charge >= 0.3 is 0 Å². The van der Waals surface area contributed by atoms with Crippen molar-refractivity contribution in [2.75, 3.05) is 10.6 Å². The summed E-state index contributed by atoms with van der Waals surface area (Å²) >= 11 is 0. The molecule has 0 saturated heterocycles. The number of carbonyl (C=O) groups excluding carboxylic acids is 1. The Kier molecular flexibility index (Phi) is 5.95. The highest BCUT2D eigenvalue weighted by molar-refractivity contribution is 5.97. The predicted octanol–water partition coefficient (Wildman–Crippen LogP) is 3.45. The number of aliphatic hydroxyl groups excluding tert-OH is 1. The van der Waals surface area contributed by atoms with E-state index in [1.165, 1.54) is 32.1 Å². The van der Waals surface area contributed by atoms with Crippen molar-refractivity contribution < 1.29 is 9.90 Å². The molecule has 3 saturated carbocycles. The molecule has 0 aliphatic heterocycles. The molecule has 3 fully saturated rings. The van der Waals surface area contributed by atoms with Crippen molar-refractivity contribution in [1.29, 1.82) is 0 Å². The number of hydrogen-bond donors (Lipinski definition) is 4. The maximum atomic E-state index is 12.1. The topological polar surface area (TPSA) is 113 Å². The van der Waals surface area contributed by atoms with E-state index in [9.17, 15) is 9.90 Å². The summed E-state index contributed by atoms with van der Waals surface area (Å²) in [5, 5.41) is 16.9. The first-order valence-electron chi connectivity index (χ1n) is 11.3. The van der Waals surface area contributed by atoms with Crippen LogP contribution >= 0.6 is 0 Å². The lowest BCUT2D eigenvalue weighted by Crippen LogP contribution is -2.43. The largest absolute Gasteiger partial charge is 0.393 e. The van der Waals surface area contributed by atoms with Crippen LogP contribution in [0.5, 0.6) is 0 Å². The molecule has 1 aromatic heterocycles. The van der Waals surface area contributed by atoms with Crippen LogP contribution in [0, 0.1) is 11.8 Å². The van der Waals surface area contributed by atoms with E-state index in [0.717, 1.165) is 38.5 Å². The number of nitrogens with zero attached hydrogens (tertiary/aromatic N) is 2. The second-order valence-corrected chi connectivity index (χ2v) is 9.58. The number of carbonyl (C=O) groups is 1. The van der Waals surface area contributed by atoms with Gasteiger partial charge in [-0.1, -0.05) is 19.8 Å². The van der Waals surface area contributed by atoms with Crippen molar-refractivity contribution in [2.45, 2.75) is 95.2 Å². The second-order valence-electron chi connectivity index (χ2n) is 9.58. The molecule has 4 rings (SSSR count). The van der Waals surface area contributed by atoms with E-state index in [-0.39, 0.29) is 17.7 Å². The van der Waals surface area contributed by atoms with Gasteiger partial charge in [0.2, 0.25) is 5.95 Å². The Morgan fingerprint density at radius 2 is 1.90 bits per heavy atom. The van der Waals surface area contributed by atoms with Gasteiger partial charge in [-0.25, -0.2) is 4.98 Å². The number of nitrogens with one attached hydrogen (secondary N) is 2. The molecular formula is C22H35N5O2. The van der Waals surface area contributed by atoms with Gasteiger partial charge in [0.15, 0.2) is 0 Å². The number of rotatable bonds is 6. The van der Waals surface area contributed by atoms with Gasteiger partial charge in [-0.2, -0.15) is 4.98 Å². The quantitative estimate of drug-likeness (QED) is 0.581. The smallest absolute Gasteiger partial charge is 0.254 e. The van der Waals surface area contributed by atoms with Crippen LogP contribution in [0.3, 0.4) is 0 Å². The summed E-state index contributed by atoms with van der Waals surface area (Å²) in [5.74, 6) is 1.92. The molecule has 29 heavy (non-hydrogen) atoms. The highest BCUT2D eigenvalue weighted by atomic mass is 16.3. The zero-order chi connectivity index (χ0) is 20.4. The Morgan fingerprint density at radius 3 is 2.52 bits per heavy atom. The van der Waals surface area contributed by atoms with Crippen LogP contribution in [0.2, 0.25) is 0 Å². The molecule has 2 atom stereocenters. The molecule has 160 valence electrons. The van der Waals surface area contributed by atoms with E-state index >= 15 is 0 Å². The van der Waals surface area contributed by atoms with Crippen molar-refractivity contribution in [3.8, 4) is 0 Å². The van der Waals surface area contributed by atoms with Gasteiger partial charge in [-0.15, -0.1) is 0 Å². The van der Waals surface area contributed by atoms with Crippen molar-refractivity contribution >= 4 is 17.7 Å². The number of amides is 1. The number of aromatic nitrogens is 2. The summed E-state index contributed by atoms with van der Waals surface area (Å²) in [7, 11) is 0. The van der Waals surface area contributed by atoms with Crippen molar-refractivity contribution in [1.82, 2.24) is 9.97 Å². The molecule has 5 N–H and O–H groups in total. The summed E-state index contributed by atoms with van der Waals surface area (Å²) in [6.07, 6.45) is 13.2. The molecular weight excluding hydrogens is 366 g/mol. The van der Waals surface area contributed by atoms with Crippen LogP contribution in [-0.2, 0) is 0 Å².